The normalized spacial score (nSPS) is 10.5. The molecule has 0 bridgehead atoms. The zero-order valence-electron chi connectivity index (χ0n) is 13.8. The number of furan rings is 1. The summed E-state index contributed by atoms with van der Waals surface area (Å²) in [5.41, 5.74) is 7.62. The van der Waals surface area contributed by atoms with Gasteiger partial charge in [0, 0.05) is 4.88 Å². The van der Waals surface area contributed by atoms with Gasteiger partial charge in [-0.05, 0) is 36.0 Å². The number of benzene rings is 1. The van der Waals surface area contributed by atoms with E-state index in [1.54, 1.807) is 23.5 Å². The maximum absolute atomic E-state index is 11.9. The number of anilines is 1. The van der Waals surface area contributed by atoms with E-state index in [4.69, 9.17) is 16.6 Å². The third-order valence-electron chi connectivity index (χ3n) is 3.64. The molecule has 9 heteroatoms. The molecule has 4 rings (SSSR count). The van der Waals surface area contributed by atoms with Gasteiger partial charge in [-0.1, -0.05) is 30.3 Å². The standard InChI is InChI=1S/C18H13N5O2S2/c24-17(13-7-4-8-25-13)21-18(26)23-22-16-15-12(19-10-20-16)9-14(27-15)11-5-2-1-3-6-11/h1-10H,(H,19,20,22)(H2,21,23,24,26). The Hall–Kier alpha value is -3.30. The molecule has 0 unspecified atom stereocenters. The molecule has 4 aromatic rings. The van der Waals surface area contributed by atoms with Gasteiger partial charge in [0.25, 0.3) is 5.91 Å². The molecule has 0 aliphatic heterocycles. The van der Waals surface area contributed by atoms with E-state index in [-0.39, 0.29) is 10.9 Å². The van der Waals surface area contributed by atoms with Gasteiger partial charge in [0.15, 0.2) is 16.7 Å². The summed E-state index contributed by atoms with van der Waals surface area (Å²) in [4.78, 5) is 21.6. The van der Waals surface area contributed by atoms with Gasteiger partial charge in [0.1, 0.15) is 6.33 Å². The highest BCUT2D eigenvalue weighted by atomic mass is 32.1. The van der Waals surface area contributed by atoms with Gasteiger partial charge in [0.2, 0.25) is 0 Å². The van der Waals surface area contributed by atoms with E-state index >= 15 is 0 Å². The second kappa shape index (κ2) is 7.52. The number of amides is 1. The number of hydrogen-bond donors (Lipinski definition) is 3. The molecule has 3 N–H and O–H groups in total. The number of nitrogens with zero attached hydrogens (tertiary/aromatic N) is 2. The van der Waals surface area contributed by atoms with Crippen LogP contribution in [0.3, 0.4) is 0 Å². The van der Waals surface area contributed by atoms with E-state index in [1.807, 2.05) is 36.4 Å². The van der Waals surface area contributed by atoms with Crippen LogP contribution in [0.5, 0.6) is 0 Å². The van der Waals surface area contributed by atoms with E-state index in [1.165, 1.54) is 12.6 Å². The van der Waals surface area contributed by atoms with Crippen molar-refractivity contribution in [3.63, 3.8) is 0 Å². The van der Waals surface area contributed by atoms with E-state index in [2.05, 4.69) is 26.1 Å². The van der Waals surface area contributed by atoms with Crippen LogP contribution in [0, 0.1) is 0 Å². The first-order valence-corrected chi connectivity index (χ1v) is 9.14. The van der Waals surface area contributed by atoms with Crippen molar-refractivity contribution < 1.29 is 9.21 Å². The van der Waals surface area contributed by atoms with Crippen LogP contribution in [0.15, 0.2) is 65.5 Å². The Morgan fingerprint density at radius 1 is 1.11 bits per heavy atom. The lowest BCUT2D eigenvalue weighted by Crippen LogP contribution is -2.42. The van der Waals surface area contributed by atoms with Gasteiger partial charge in [-0.2, -0.15) is 0 Å². The second-order valence-corrected chi connectivity index (χ2v) is 6.88. The first-order chi connectivity index (χ1) is 13.2. The molecule has 0 atom stereocenters. The fourth-order valence-corrected chi connectivity index (χ4v) is 3.61. The molecule has 0 aliphatic rings. The zero-order valence-corrected chi connectivity index (χ0v) is 15.4. The van der Waals surface area contributed by atoms with E-state index in [0.717, 1.165) is 20.7 Å². The SMILES string of the molecule is O=C(NC(=S)NNc1ncnc2cc(-c3ccccc3)sc12)c1ccco1. The zero-order chi connectivity index (χ0) is 18.6. The molecule has 0 spiro atoms. The summed E-state index contributed by atoms with van der Waals surface area (Å²) in [6.07, 6.45) is 2.89. The summed E-state index contributed by atoms with van der Waals surface area (Å²) in [7, 11) is 0. The van der Waals surface area contributed by atoms with E-state index in [9.17, 15) is 4.79 Å². The summed E-state index contributed by atoms with van der Waals surface area (Å²) in [5.74, 6) is 0.311. The van der Waals surface area contributed by atoms with Gasteiger partial charge in [-0.3, -0.25) is 21.0 Å². The number of carbonyl (C=O) groups excluding carboxylic acids is 1. The lowest BCUT2D eigenvalue weighted by atomic mass is 10.2. The van der Waals surface area contributed by atoms with Crippen molar-refractivity contribution in [3.05, 3.63) is 66.9 Å². The summed E-state index contributed by atoms with van der Waals surface area (Å²) in [6.45, 7) is 0. The number of carbonyl (C=O) groups is 1. The van der Waals surface area contributed by atoms with Crippen LogP contribution in [0.25, 0.3) is 20.7 Å². The molecule has 3 aromatic heterocycles. The number of hydrazine groups is 1. The molecule has 27 heavy (non-hydrogen) atoms. The minimum atomic E-state index is -0.436. The van der Waals surface area contributed by atoms with Crippen LogP contribution in [0.4, 0.5) is 5.82 Å². The van der Waals surface area contributed by atoms with E-state index < -0.39 is 5.91 Å². The van der Waals surface area contributed by atoms with Crippen LogP contribution in [0.2, 0.25) is 0 Å². The maximum atomic E-state index is 11.9. The third-order valence-corrected chi connectivity index (χ3v) is 5.02. The predicted molar refractivity (Wildman–Crippen MR) is 108 cm³/mol. The topological polar surface area (TPSA) is 92.1 Å². The summed E-state index contributed by atoms with van der Waals surface area (Å²) in [6, 6.07) is 15.2. The highest BCUT2D eigenvalue weighted by Gasteiger charge is 2.12. The molecule has 0 fully saturated rings. The Morgan fingerprint density at radius 3 is 2.74 bits per heavy atom. The average molecular weight is 395 g/mol. The molecule has 134 valence electrons. The highest BCUT2D eigenvalue weighted by molar-refractivity contribution is 7.80. The van der Waals surface area contributed by atoms with Crippen molar-refractivity contribution in [2.45, 2.75) is 0 Å². The summed E-state index contributed by atoms with van der Waals surface area (Å²) >= 11 is 6.69. The molecular weight excluding hydrogens is 382 g/mol. The molecule has 0 radical (unpaired) electrons. The number of thiophene rings is 1. The number of rotatable bonds is 4. The van der Waals surface area contributed by atoms with Crippen molar-refractivity contribution in [2.24, 2.45) is 0 Å². The lowest BCUT2D eigenvalue weighted by Gasteiger charge is -2.10. The minimum Gasteiger partial charge on any atom is -0.459 e. The molecule has 7 nitrogen and oxygen atoms in total. The third kappa shape index (κ3) is 3.78. The number of aromatic nitrogens is 2. The smallest absolute Gasteiger partial charge is 0.293 e. The van der Waals surface area contributed by atoms with Crippen LogP contribution in [-0.2, 0) is 0 Å². The molecule has 1 amide bonds. The average Bonchev–Trinajstić information content (AvgIpc) is 3.37. The quantitative estimate of drug-likeness (QED) is 0.359. The Bertz CT molecular complexity index is 1090. The fourth-order valence-electron chi connectivity index (χ4n) is 2.41. The largest absolute Gasteiger partial charge is 0.459 e. The van der Waals surface area contributed by atoms with Gasteiger partial charge in [-0.15, -0.1) is 11.3 Å². The molecule has 0 saturated carbocycles. The Morgan fingerprint density at radius 2 is 1.96 bits per heavy atom. The molecule has 1 aromatic carbocycles. The number of fused-ring (bicyclic) bond motifs is 1. The van der Waals surface area contributed by atoms with Crippen LogP contribution >= 0.6 is 23.6 Å². The minimum absolute atomic E-state index is 0.100. The number of hydrogen-bond acceptors (Lipinski definition) is 7. The maximum Gasteiger partial charge on any atom is 0.293 e. The summed E-state index contributed by atoms with van der Waals surface area (Å²) in [5, 5.41) is 2.62. The monoisotopic (exact) mass is 395 g/mol. The van der Waals surface area contributed by atoms with Crippen molar-refractivity contribution in [2.75, 3.05) is 5.43 Å². The van der Waals surface area contributed by atoms with Crippen LogP contribution in [0.1, 0.15) is 10.6 Å². The highest BCUT2D eigenvalue weighted by Crippen LogP contribution is 2.35. The fraction of sp³-hybridized carbons (Fsp3) is 0. The Kier molecular flexibility index (Phi) is 4.77. The van der Waals surface area contributed by atoms with Crippen molar-refractivity contribution in [3.8, 4) is 10.4 Å². The summed E-state index contributed by atoms with van der Waals surface area (Å²) < 4.78 is 5.90. The predicted octanol–water partition coefficient (Wildman–Crippen LogP) is 3.58. The Balaban J connectivity index is 1.48. The first-order valence-electron chi connectivity index (χ1n) is 7.91. The number of thiocarbonyl (C=S) groups is 1. The molecule has 0 saturated heterocycles. The van der Waals surface area contributed by atoms with Crippen LogP contribution < -0.4 is 16.2 Å². The van der Waals surface area contributed by atoms with E-state index in [0.29, 0.717) is 5.82 Å². The van der Waals surface area contributed by atoms with Gasteiger partial charge < -0.3 is 4.42 Å². The van der Waals surface area contributed by atoms with Gasteiger partial charge >= 0.3 is 0 Å². The second-order valence-electron chi connectivity index (χ2n) is 5.42. The molecule has 0 aliphatic carbocycles. The molecular formula is C18H13N5O2S2. The van der Waals surface area contributed by atoms with Gasteiger partial charge in [0.05, 0.1) is 16.5 Å². The lowest BCUT2D eigenvalue weighted by molar-refractivity contribution is 0.0950. The number of nitrogens with one attached hydrogen (secondary N) is 3. The first kappa shape index (κ1) is 17.1. The Labute approximate surface area is 163 Å². The molecule has 3 heterocycles. The van der Waals surface area contributed by atoms with Crippen molar-refractivity contribution >= 4 is 50.6 Å². The van der Waals surface area contributed by atoms with Crippen LogP contribution in [-0.4, -0.2) is 21.0 Å². The van der Waals surface area contributed by atoms with Gasteiger partial charge in [-0.25, -0.2) is 9.97 Å². The van der Waals surface area contributed by atoms with Crippen molar-refractivity contribution in [1.82, 2.24) is 20.7 Å². The van der Waals surface area contributed by atoms with Crippen molar-refractivity contribution in [1.29, 1.82) is 0 Å².